The Bertz CT molecular complexity index is 239. The van der Waals surface area contributed by atoms with Crippen LogP contribution in [0.1, 0.15) is 34.6 Å². The van der Waals surface area contributed by atoms with Gasteiger partial charge in [0.25, 0.3) is 0 Å². The number of rotatable bonds is 1. The Hall–Kier alpha value is -0.790. The smallest absolute Gasteiger partial charge is 0.0951 e. The van der Waals surface area contributed by atoms with Crippen LogP contribution in [0.5, 0.6) is 0 Å². The molecule has 1 rings (SSSR count). The molecule has 0 atom stereocenters. The zero-order chi connectivity index (χ0) is 9.41. The average molecular weight is 166 g/mol. The van der Waals surface area contributed by atoms with Crippen LogP contribution in [-0.4, -0.2) is 9.55 Å². The highest BCUT2D eigenvalue weighted by Crippen LogP contribution is 2.35. The normalized spacial score (nSPS) is 13.4. The summed E-state index contributed by atoms with van der Waals surface area (Å²) in [6.45, 7) is 11.2. The van der Waals surface area contributed by atoms with Crippen LogP contribution in [0.3, 0.4) is 0 Å². The minimum atomic E-state index is 0.115. The van der Waals surface area contributed by atoms with Gasteiger partial charge in [-0.3, -0.25) is 0 Å². The molecule has 1 aromatic rings. The summed E-state index contributed by atoms with van der Waals surface area (Å²) >= 11 is 0. The molecule has 0 saturated heterocycles. The summed E-state index contributed by atoms with van der Waals surface area (Å²) in [4.78, 5) is 4.06. The van der Waals surface area contributed by atoms with Crippen LogP contribution in [0, 0.1) is 5.41 Å². The van der Waals surface area contributed by atoms with E-state index in [0.717, 1.165) is 0 Å². The van der Waals surface area contributed by atoms with E-state index in [-0.39, 0.29) is 11.0 Å². The molecule has 0 aliphatic heterocycles. The Morgan fingerprint density at radius 1 is 1.08 bits per heavy atom. The molecule has 0 unspecified atom stereocenters. The molecule has 0 aliphatic carbocycles. The van der Waals surface area contributed by atoms with E-state index in [1.807, 2.05) is 18.7 Å². The van der Waals surface area contributed by atoms with Gasteiger partial charge in [-0.2, -0.15) is 0 Å². The molecule has 1 heterocycles. The van der Waals surface area contributed by atoms with Crippen molar-refractivity contribution >= 4 is 0 Å². The molecule has 0 amide bonds. The van der Waals surface area contributed by atoms with Gasteiger partial charge < -0.3 is 4.57 Å². The van der Waals surface area contributed by atoms with Crippen molar-refractivity contribution in [3.05, 3.63) is 18.7 Å². The summed E-state index contributed by atoms with van der Waals surface area (Å²) in [5.41, 5.74) is 0.358. The Labute approximate surface area is 74.6 Å². The van der Waals surface area contributed by atoms with Crippen LogP contribution < -0.4 is 0 Å². The molecule has 0 aromatic carbocycles. The number of hydrogen-bond acceptors (Lipinski definition) is 1. The zero-order valence-electron chi connectivity index (χ0n) is 8.63. The SMILES string of the molecule is CC(C)(C)C(C)(C)n1ccnc1. The maximum atomic E-state index is 4.06. The number of hydrogen-bond donors (Lipinski definition) is 0. The van der Waals surface area contributed by atoms with E-state index in [1.165, 1.54) is 0 Å². The van der Waals surface area contributed by atoms with Gasteiger partial charge in [-0.25, -0.2) is 4.98 Å². The molecular formula is C10H18N2. The molecule has 0 spiro atoms. The first-order valence-corrected chi connectivity index (χ1v) is 4.34. The largest absolute Gasteiger partial charge is 0.331 e. The van der Waals surface area contributed by atoms with Crippen LogP contribution in [-0.2, 0) is 5.54 Å². The van der Waals surface area contributed by atoms with Crippen LogP contribution in [0.2, 0.25) is 0 Å². The molecule has 0 N–H and O–H groups in total. The van der Waals surface area contributed by atoms with Crippen LogP contribution in [0.15, 0.2) is 18.7 Å². The van der Waals surface area contributed by atoms with Gasteiger partial charge in [0.15, 0.2) is 0 Å². The highest BCUT2D eigenvalue weighted by molar-refractivity contribution is 4.93. The fourth-order valence-electron chi connectivity index (χ4n) is 0.977. The lowest BCUT2D eigenvalue weighted by Gasteiger charge is -2.39. The predicted octanol–water partition coefficient (Wildman–Crippen LogP) is 2.66. The van der Waals surface area contributed by atoms with E-state index in [2.05, 4.69) is 44.2 Å². The molecule has 2 heteroatoms. The monoisotopic (exact) mass is 166 g/mol. The molecule has 0 aliphatic rings. The molecule has 2 nitrogen and oxygen atoms in total. The van der Waals surface area contributed by atoms with E-state index in [1.54, 1.807) is 0 Å². The van der Waals surface area contributed by atoms with E-state index in [9.17, 15) is 0 Å². The van der Waals surface area contributed by atoms with Gasteiger partial charge >= 0.3 is 0 Å². The van der Waals surface area contributed by atoms with Crippen molar-refractivity contribution in [2.24, 2.45) is 5.41 Å². The number of nitrogens with zero attached hydrogens (tertiary/aromatic N) is 2. The quantitative estimate of drug-likeness (QED) is 0.627. The number of imidazole rings is 1. The molecule has 0 radical (unpaired) electrons. The van der Waals surface area contributed by atoms with Gasteiger partial charge in [-0.05, 0) is 19.3 Å². The molecule has 68 valence electrons. The molecule has 1 aromatic heterocycles. The lowest BCUT2D eigenvalue weighted by molar-refractivity contribution is 0.140. The highest BCUT2D eigenvalue weighted by atomic mass is 15.1. The third-order valence-corrected chi connectivity index (χ3v) is 2.99. The lowest BCUT2D eigenvalue weighted by atomic mass is 9.76. The maximum Gasteiger partial charge on any atom is 0.0951 e. The highest BCUT2D eigenvalue weighted by Gasteiger charge is 2.33. The lowest BCUT2D eigenvalue weighted by Crippen LogP contribution is -2.39. The van der Waals surface area contributed by atoms with E-state index >= 15 is 0 Å². The second-order valence-electron chi connectivity index (χ2n) is 4.78. The van der Waals surface area contributed by atoms with Crippen molar-refractivity contribution < 1.29 is 0 Å². The van der Waals surface area contributed by atoms with Crippen molar-refractivity contribution in [1.82, 2.24) is 9.55 Å². The fourth-order valence-corrected chi connectivity index (χ4v) is 0.977. The van der Waals surface area contributed by atoms with Crippen molar-refractivity contribution in [2.75, 3.05) is 0 Å². The topological polar surface area (TPSA) is 17.8 Å². The molecular weight excluding hydrogens is 148 g/mol. The Morgan fingerprint density at radius 3 is 2.00 bits per heavy atom. The van der Waals surface area contributed by atoms with E-state index in [4.69, 9.17) is 0 Å². The first kappa shape index (κ1) is 9.30. The van der Waals surface area contributed by atoms with Crippen LogP contribution in [0.4, 0.5) is 0 Å². The summed E-state index contributed by atoms with van der Waals surface area (Å²) in [5.74, 6) is 0. The Kier molecular flexibility index (Phi) is 2.02. The molecule has 12 heavy (non-hydrogen) atoms. The Balaban J connectivity index is 3.02. The third kappa shape index (κ3) is 1.38. The van der Waals surface area contributed by atoms with Crippen molar-refractivity contribution in [3.8, 4) is 0 Å². The Morgan fingerprint density at radius 2 is 1.67 bits per heavy atom. The summed E-state index contributed by atoms with van der Waals surface area (Å²) in [5, 5.41) is 0. The van der Waals surface area contributed by atoms with Gasteiger partial charge in [0.1, 0.15) is 0 Å². The van der Waals surface area contributed by atoms with Crippen LogP contribution >= 0.6 is 0 Å². The minimum Gasteiger partial charge on any atom is -0.331 e. The predicted molar refractivity (Wildman–Crippen MR) is 51.0 cm³/mol. The molecule has 0 bridgehead atoms. The van der Waals surface area contributed by atoms with Crippen molar-refractivity contribution in [2.45, 2.75) is 40.2 Å². The standard InChI is InChI=1S/C10H18N2/c1-9(2,3)10(4,5)12-7-6-11-8-12/h6-8H,1-5H3. The minimum absolute atomic E-state index is 0.115. The van der Waals surface area contributed by atoms with Gasteiger partial charge in [-0.1, -0.05) is 20.8 Å². The molecule has 0 fully saturated rings. The molecule has 0 saturated carbocycles. The maximum absolute atomic E-state index is 4.06. The van der Waals surface area contributed by atoms with Gasteiger partial charge in [0.05, 0.1) is 6.33 Å². The van der Waals surface area contributed by atoms with Gasteiger partial charge in [0, 0.05) is 17.9 Å². The first-order valence-electron chi connectivity index (χ1n) is 4.34. The summed E-state index contributed by atoms with van der Waals surface area (Å²) in [7, 11) is 0. The van der Waals surface area contributed by atoms with Gasteiger partial charge in [0.2, 0.25) is 0 Å². The van der Waals surface area contributed by atoms with Gasteiger partial charge in [-0.15, -0.1) is 0 Å². The van der Waals surface area contributed by atoms with Crippen molar-refractivity contribution in [1.29, 1.82) is 0 Å². The number of aromatic nitrogens is 2. The second kappa shape index (κ2) is 2.61. The van der Waals surface area contributed by atoms with Crippen LogP contribution in [0.25, 0.3) is 0 Å². The average Bonchev–Trinajstić information content (AvgIpc) is 2.34. The summed E-state index contributed by atoms with van der Waals surface area (Å²) < 4.78 is 2.16. The van der Waals surface area contributed by atoms with E-state index in [0.29, 0.717) is 0 Å². The fraction of sp³-hybridized carbons (Fsp3) is 0.700. The zero-order valence-corrected chi connectivity index (χ0v) is 8.63. The van der Waals surface area contributed by atoms with Crippen molar-refractivity contribution in [3.63, 3.8) is 0 Å². The summed E-state index contributed by atoms with van der Waals surface area (Å²) in [6, 6.07) is 0. The first-order chi connectivity index (χ1) is 5.36. The van der Waals surface area contributed by atoms with E-state index < -0.39 is 0 Å². The third-order valence-electron chi connectivity index (χ3n) is 2.99. The second-order valence-corrected chi connectivity index (χ2v) is 4.78. The summed E-state index contributed by atoms with van der Waals surface area (Å²) in [6.07, 6.45) is 5.73.